The molecule has 1 aliphatic rings. The average Bonchev–Trinajstić information content (AvgIpc) is 2.65. The number of benzene rings is 2. The van der Waals surface area contributed by atoms with Gasteiger partial charge in [-0.1, -0.05) is 44.2 Å². The highest BCUT2D eigenvalue weighted by molar-refractivity contribution is 5.94. The zero-order valence-corrected chi connectivity index (χ0v) is 15.8. The largest absolute Gasteiger partial charge is 0.490 e. The van der Waals surface area contributed by atoms with E-state index in [1.54, 1.807) is 0 Å². The molecule has 2 aromatic rings. The standard InChI is InChI=1S/C22H25NO4/c1-22(2,17-6-4-3-5-7-17)15-21(25)27-13-12-26-18-9-10-19-16(14-18)8-11-20(24)23-19/h3-7,9-10,14H,8,11-13,15H2,1-2H3,(H,23,24). The number of anilines is 1. The summed E-state index contributed by atoms with van der Waals surface area (Å²) in [5, 5.41) is 2.84. The number of rotatable bonds is 7. The molecule has 1 heterocycles. The molecule has 1 N–H and O–H groups in total. The fourth-order valence-electron chi connectivity index (χ4n) is 3.17. The van der Waals surface area contributed by atoms with Gasteiger partial charge < -0.3 is 14.8 Å². The predicted octanol–water partition coefficient (Wildman–Crippen LogP) is 3.86. The van der Waals surface area contributed by atoms with Gasteiger partial charge in [0.1, 0.15) is 19.0 Å². The molecule has 2 aromatic carbocycles. The van der Waals surface area contributed by atoms with E-state index in [1.165, 1.54) is 0 Å². The summed E-state index contributed by atoms with van der Waals surface area (Å²) >= 11 is 0. The lowest BCUT2D eigenvalue weighted by Gasteiger charge is -2.24. The molecule has 5 heteroatoms. The predicted molar refractivity (Wildman–Crippen MR) is 104 cm³/mol. The normalized spacial score (nSPS) is 13.5. The van der Waals surface area contributed by atoms with Gasteiger partial charge in [-0.2, -0.15) is 0 Å². The molecule has 0 saturated heterocycles. The first kappa shape index (κ1) is 19.0. The van der Waals surface area contributed by atoms with Crippen LogP contribution < -0.4 is 10.1 Å². The van der Waals surface area contributed by atoms with Crippen LogP contribution in [-0.2, 0) is 26.2 Å². The second-order valence-electron chi connectivity index (χ2n) is 7.36. The molecule has 0 radical (unpaired) electrons. The molecule has 0 bridgehead atoms. The summed E-state index contributed by atoms with van der Waals surface area (Å²) in [6.07, 6.45) is 1.52. The maximum Gasteiger partial charge on any atom is 0.306 e. The number of carbonyl (C=O) groups excluding carboxylic acids is 2. The number of hydrogen-bond acceptors (Lipinski definition) is 4. The van der Waals surface area contributed by atoms with Crippen molar-refractivity contribution in [2.24, 2.45) is 0 Å². The molecule has 0 atom stereocenters. The molecule has 0 saturated carbocycles. The van der Waals surface area contributed by atoms with Crippen LogP contribution in [0.25, 0.3) is 0 Å². The van der Waals surface area contributed by atoms with Gasteiger partial charge in [0.25, 0.3) is 0 Å². The van der Waals surface area contributed by atoms with Crippen molar-refractivity contribution in [2.75, 3.05) is 18.5 Å². The molecule has 0 unspecified atom stereocenters. The first-order valence-electron chi connectivity index (χ1n) is 9.21. The number of carbonyl (C=O) groups is 2. The maximum absolute atomic E-state index is 12.1. The van der Waals surface area contributed by atoms with E-state index in [2.05, 4.69) is 5.32 Å². The van der Waals surface area contributed by atoms with E-state index < -0.39 is 0 Å². The van der Waals surface area contributed by atoms with Crippen molar-refractivity contribution in [2.45, 2.75) is 38.5 Å². The maximum atomic E-state index is 12.1. The van der Waals surface area contributed by atoms with Crippen LogP contribution in [-0.4, -0.2) is 25.1 Å². The Bertz CT molecular complexity index is 814. The second kappa shape index (κ2) is 8.25. The van der Waals surface area contributed by atoms with Crippen molar-refractivity contribution in [3.8, 4) is 5.75 Å². The van der Waals surface area contributed by atoms with Crippen molar-refractivity contribution in [1.29, 1.82) is 0 Å². The summed E-state index contributed by atoms with van der Waals surface area (Å²) in [5.41, 5.74) is 2.74. The van der Waals surface area contributed by atoms with Gasteiger partial charge in [-0.15, -0.1) is 0 Å². The number of nitrogens with one attached hydrogen (secondary N) is 1. The lowest BCUT2D eigenvalue weighted by Crippen LogP contribution is -2.24. The molecule has 27 heavy (non-hydrogen) atoms. The number of ether oxygens (including phenoxy) is 2. The Hall–Kier alpha value is -2.82. The molecule has 0 spiro atoms. The fraction of sp³-hybridized carbons (Fsp3) is 0.364. The Morgan fingerprint density at radius 1 is 1.07 bits per heavy atom. The Morgan fingerprint density at radius 2 is 1.85 bits per heavy atom. The van der Waals surface area contributed by atoms with Crippen LogP contribution in [0.3, 0.4) is 0 Å². The first-order valence-corrected chi connectivity index (χ1v) is 9.21. The number of aryl methyl sites for hydroxylation is 1. The van der Waals surface area contributed by atoms with Gasteiger partial charge >= 0.3 is 5.97 Å². The molecular formula is C22H25NO4. The average molecular weight is 367 g/mol. The summed E-state index contributed by atoms with van der Waals surface area (Å²) in [6, 6.07) is 15.5. The van der Waals surface area contributed by atoms with Gasteiger partial charge in [-0.05, 0) is 35.7 Å². The number of fused-ring (bicyclic) bond motifs is 1. The van der Waals surface area contributed by atoms with Crippen LogP contribution in [0.4, 0.5) is 5.69 Å². The first-order chi connectivity index (χ1) is 12.9. The van der Waals surface area contributed by atoms with E-state index in [9.17, 15) is 9.59 Å². The van der Waals surface area contributed by atoms with Gasteiger partial charge in [0.05, 0.1) is 6.42 Å². The molecule has 5 nitrogen and oxygen atoms in total. The van der Waals surface area contributed by atoms with Crippen LogP contribution >= 0.6 is 0 Å². The summed E-state index contributed by atoms with van der Waals surface area (Å²) in [7, 11) is 0. The smallest absolute Gasteiger partial charge is 0.306 e. The van der Waals surface area contributed by atoms with Crippen molar-refractivity contribution in [3.05, 3.63) is 59.7 Å². The van der Waals surface area contributed by atoms with Crippen LogP contribution in [0, 0.1) is 0 Å². The Kier molecular flexibility index (Phi) is 5.79. The summed E-state index contributed by atoms with van der Waals surface area (Å²) in [4.78, 5) is 23.5. The molecular weight excluding hydrogens is 342 g/mol. The van der Waals surface area contributed by atoms with Gasteiger partial charge in [-0.25, -0.2) is 0 Å². The highest BCUT2D eigenvalue weighted by Gasteiger charge is 2.25. The number of esters is 1. The second-order valence-corrected chi connectivity index (χ2v) is 7.36. The van der Waals surface area contributed by atoms with Crippen LogP contribution in [0.1, 0.15) is 37.8 Å². The summed E-state index contributed by atoms with van der Waals surface area (Å²) < 4.78 is 11.0. The Labute approximate surface area is 159 Å². The number of amides is 1. The zero-order valence-electron chi connectivity index (χ0n) is 15.8. The molecule has 3 rings (SSSR count). The third-order valence-corrected chi connectivity index (χ3v) is 4.73. The SMILES string of the molecule is CC(C)(CC(=O)OCCOc1ccc2c(c1)CCC(=O)N2)c1ccccc1. The molecule has 0 aliphatic carbocycles. The quantitative estimate of drug-likeness (QED) is 0.596. The summed E-state index contributed by atoms with van der Waals surface area (Å²) in [5.74, 6) is 0.521. The minimum Gasteiger partial charge on any atom is -0.490 e. The van der Waals surface area contributed by atoms with Crippen LogP contribution in [0.5, 0.6) is 5.75 Å². The zero-order chi connectivity index (χ0) is 19.3. The molecule has 1 amide bonds. The van der Waals surface area contributed by atoms with E-state index in [1.807, 2.05) is 62.4 Å². The highest BCUT2D eigenvalue weighted by atomic mass is 16.6. The minimum absolute atomic E-state index is 0.0431. The molecule has 1 aliphatic heterocycles. The Morgan fingerprint density at radius 3 is 2.63 bits per heavy atom. The third-order valence-electron chi connectivity index (χ3n) is 4.73. The van der Waals surface area contributed by atoms with Crippen LogP contribution in [0.2, 0.25) is 0 Å². The minimum atomic E-state index is -0.276. The fourth-order valence-corrected chi connectivity index (χ4v) is 3.17. The monoisotopic (exact) mass is 367 g/mol. The van der Waals surface area contributed by atoms with Gasteiger partial charge in [0, 0.05) is 17.5 Å². The molecule has 0 fully saturated rings. The van der Waals surface area contributed by atoms with Gasteiger partial charge in [0.15, 0.2) is 0 Å². The van der Waals surface area contributed by atoms with Crippen molar-refractivity contribution < 1.29 is 19.1 Å². The molecule has 142 valence electrons. The van der Waals surface area contributed by atoms with E-state index in [4.69, 9.17) is 9.47 Å². The van der Waals surface area contributed by atoms with E-state index in [-0.39, 0.29) is 23.9 Å². The van der Waals surface area contributed by atoms with E-state index in [0.717, 1.165) is 16.8 Å². The molecule has 0 aromatic heterocycles. The Balaban J connectivity index is 1.44. The summed E-state index contributed by atoms with van der Waals surface area (Å²) in [6.45, 7) is 4.57. The lowest BCUT2D eigenvalue weighted by atomic mass is 9.82. The highest BCUT2D eigenvalue weighted by Crippen LogP contribution is 2.28. The topological polar surface area (TPSA) is 64.6 Å². The van der Waals surface area contributed by atoms with Gasteiger partial charge in [-0.3, -0.25) is 9.59 Å². The third kappa shape index (κ3) is 5.09. The van der Waals surface area contributed by atoms with Crippen molar-refractivity contribution in [1.82, 2.24) is 0 Å². The van der Waals surface area contributed by atoms with E-state index >= 15 is 0 Å². The van der Waals surface area contributed by atoms with Crippen LogP contribution in [0.15, 0.2) is 48.5 Å². The van der Waals surface area contributed by atoms with Crippen molar-refractivity contribution >= 4 is 17.6 Å². The van der Waals surface area contributed by atoms with Gasteiger partial charge in [0.2, 0.25) is 5.91 Å². The van der Waals surface area contributed by atoms with Crippen molar-refractivity contribution in [3.63, 3.8) is 0 Å². The van der Waals surface area contributed by atoms with E-state index in [0.29, 0.717) is 31.6 Å². The lowest BCUT2D eigenvalue weighted by molar-refractivity contribution is -0.145. The number of hydrogen-bond donors (Lipinski definition) is 1.